The quantitative estimate of drug-likeness (QED) is 0.752. The summed E-state index contributed by atoms with van der Waals surface area (Å²) in [6.45, 7) is 0.553. The normalized spacial score (nSPS) is 10.5. The molecule has 0 aliphatic carbocycles. The second-order valence-electron chi connectivity index (χ2n) is 4.53. The maximum atomic E-state index is 9.33. The van der Waals surface area contributed by atoms with Gasteiger partial charge in [0.25, 0.3) is 0 Å². The van der Waals surface area contributed by atoms with Gasteiger partial charge in [0, 0.05) is 12.1 Å². The summed E-state index contributed by atoms with van der Waals surface area (Å²) in [5.41, 5.74) is 1.33. The van der Waals surface area contributed by atoms with E-state index < -0.39 is 0 Å². The summed E-state index contributed by atoms with van der Waals surface area (Å²) >= 11 is 11.9. The van der Waals surface area contributed by atoms with E-state index >= 15 is 0 Å². The van der Waals surface area contributed by atoms with E-state index in [2.05, 4.69) is 12.1 Å². The van der Waals surface area contributed by atoms with E-state index in [-0.39, 0.29) is 5.75 Å². The Bertz CT molecular complexity index is 533. The third-order valence-corrected chi connectivity index (χ3v) is 3.49. The highest BCUT2D eigenvalue weighted by molar-refractivity contribution is 6.37. The van der Waals surface area contributed by atoms with Gasteiger partial charge >= 0.3 is 0 Å². The van der Waals surface area contributed by atoms with E-state index in [1.165, 1.54) is 17.7 Å². The van der Waals surface area contributed by atoms with Gasteiger partial charge in [-0.2, -0.15) is 0 Å². The van der Waals surface area contributed by atoms with Crippen molar-refractivity contribution in [2.45, 2.75) is 19.3 Å². The number of phenols is 1. The molecule has 2 aromatic rings. The van der Waals surface area contributed by atoms with Gasteiger partial charge in [0.15, 0.2) is 5.75 Å². The fraction of sp³-hybridized carbons (Fsp3) is 0.250. The van der Waals surface area contributed by atoms with Crippen LogP contribution in [0.15, 0.2) is 42.5 Å². The van der Waals surface area contributed by atoms with Crippen LogP contribution in [0, 0.1) is 0 Å². The molecule has 0 saturated carbocycles. The molecular weight excluding hydrogens is 295 g/mol. The first-order chi connectivity index (χ1) is 9.66. The van der Waals surface area contributed by atoms with E-state index in [0.29, 0.717) is 22.4 Å². The fourth-order valence-corrected chi connectivity index (χ4v) is 2.52. The topological polar surface area (TPSA) is 29.5 Å². The van der Waals surface area contributed by atoms with Crippen molar-refractivity contribution in [1.29, 1.82) is 0 Å². The van der Waals surface area contributed by atoms with E-state index in [1.54, 1.807) is 0 Å². The second kappa shape index (κ2) is 7.41. The molecule has 0 saturated heterocycles. The number of aryl methyl sites for hydroxylation is 1. The minimum Gasteiger partial charge on any atom is -0.508 e. The molecule has 0 heterocycles. The monoisotopic (exact) mass is 310 g/mol. The number of unbranched alkanes of at least 4 members (excludes halogenated alkanes) is 1. The smallest absolute Gasteiger partial charge is 0.156 e. The van der Waals surface area contributed by atoms with Gasteiger partial charge in [-0.1, -0.05) is 53.5 Å². The zero-order chi connectivity index (χ0) is 14.4. The molecule has 20 heavy (non-hydrogen) atoms. The number of phenolic OH excluding ortho intramolecular Hbond substituents is 1. The Morgan fingerprint density at radius 3 is 2.25 bits per heavy atom. The van der Waals surface area contributed by atoms with Crippen LogP contribution in [0.4, 0.5) is 0 Å². The van der Waals surface area contributed by atoms with Gasteiger partial charge in [0.1, 0.15) is 5.75 Å². The number of ether oxygens (including phenoxy) is 1. The molecule has 0 fully saturated rings. The van der Waals surface area contributed by atoms with Crippen molar-refractivity contribution in [1.82, 2.24) is 0 Å². The molecule has 2 nitrogen and oxygen atoms in total. The van der Waals surface area contributed by atoms with Gasteiger partial charge in [-0.25, -0.2) is 0 Å². The lowest BCUT2D eigenvalue weighted by atomic mass is 10.1. The lowest BCUT2D eigenvalue weighted by molar-refractivity contribution is 0.307. The van der Waals surface area contributed by atoms with E-state index in [9.17, 15) is 5.11 Å². The van der Waals surface area contributed by atoms with E-state index in [1.807, 2.05) is 18.2 Å². The zero-order valence-corrected chi connectivity index (χ0v) is 12.5. The van der Waals surface area contributed by atoms with Crippen LogP contribution in [0.3, 0.4) is 0 Å². The molecule has 2 aromatic carbocycles. The molecule has 0 bridgehead atoms. The minimum atomic E-state index is 0.0384. The maximum absolute atomic E-state index is 9.33. The summed E-state index contributed by atoms with van der Waals surface area (Å²) in [7, 11) is 0. The predicted molar refractivity (Wildman–Crippen MR) is 83.0 cm³/mol. The summed E-state index contributed by atoms with van der Waals surface area (Å²) in [4.78, 5) is 0. The van der Waals surface area contributed by atoms with Gasteiger partial charge in [-0.15, -0.1) is 0 Å². The first kappa shape index (κ1) is 15.0. The van der Waals surface area contributed by atoms with Crippen LogP contribution in [0.5, 0.6) is 11.5 Å². The Morgan fingerprint density at radius 2 is 1.60 bits per heavy atom. The van der Waals surface area contributed by atoms with Crippen LogP contribution in [0.1, 0.15) is 18.4 Å². The van der Waals surface area contributed by atoms with Crippen molar-refractivity contribution in [2.24, 2.45) is 0 Å². The fourth-order valence-electron chi connectivity index (χ4n) is 1.93. The number of halogens is 2. The molecule has 0 radical (unpaired) electrons. The molecule has 1 N–H and O–H groups in total. The minimum absolute atomic E-state index is 0.0384. The highest BCUT2D eigenvalue weighted by Crippen LogP contribution is 2.36. The van der Waals surface area contributed by atoms with Crippen molar-refractivity contribution in [2.75, 3.05) is 6.61 Å². The van der Waals surface area contributed by atoms with Crippen molar-refractivity contribution in [3.05, 3.63) is 58.1 Å². The van der Waals surface area contributed by atoms with Crippen molar-refractivity contribution >= 4 is 23.2 Å². The van der Waals surface area contributed by atoms with Gasteiger partial charge in [-0.05, 0) is 24.8 Å². The summed E-state index contributed by atoms with van der Waals surface area (Å²) in [6, 6.07) is 13.2. The zero-order valence-electron chi connectivity index (χ0n) is 11.0. The standard InChI is InChI=1S/C16H16Cl2O2/c17-14-10-13(19)11-15(18)16(14)20-9-5-4-8-12-6-2-1-3-7-12/h1-3,6-7,10-11,19H,4-5,8-9H2. The lowest BCUT2D eigenvalue weighted by Crippen LogP contribution is -1.99. The largest absolute Gasteiger partial charge is 0.508 e. The molecule has 0 aliphatic rings. The van der Waals surface area contributed by atoms with Gasteiger partial charge < -0.3 is 9.84 Å². The van der Waals surface area contributed by atoms with Crippen LogP contribution in [0.25, 0.3) is 0 Å². The molecule has 0 spiro atoms. The van der Waals surface area contributed by atoms with E-state index in [4.69, 9.17) is 27.9 Å². The number of benzene rings is 2. The maximum Gasteiger partial charge on any atom is 0.156 e. The summed E-state index contributed by atoms with van der Waals surface area (Å²) < 4.78 is 5.59. The summed E-state index contributed by atoms with van der Waals surface area (Å²) in [5, 5.41) is 9.99. The van der Waals surface area contributed by atoms with Gasteiger partial charge in [-0.3, -0.25) is 0 Å². The Morgan fingerprint density at radius 1 is 0.950 bits per heavy atom. The van der Waals surface area contributed by atoms with Crippen molar-refractivity contribution in [3.8, 4) is 11.5 Å². The molecule has 0 unspecified atom stereocenters. The molecular formula is C16H16Cl2O2. The Kier molecular flexibility index (Phi) is 5.57. The van der Waals surface area contributed by atoms with Gasteiger partial charge in [0.2, 0.25) is 0 Å². The predicted octanol–water partition coefficient (Wildman–Crippen LogP) is 5.10. The molecule has 2 rings (SSSR count). The average Bonchev–Trinajstić information content (AvgIpc) is 2.42. The number of hydrogen-bond acceptors (Lipinski definition) is 2. The third kappa shape index (κ3) is 4.32. The lowest BCUT2D eigenvalue weighted by Gasteiger charge is -2.10. The second-order valence-corrected chi connectivity index (χ2v) is 5.34. The molecule has 4 heteroatoms. The Labute approximate surface area is 128 Å². The summed E-state index contributed by atoms with van der Waals surface area (Å²) in [5.74, 6) is 0.474. The first-order valence-corrected chi connectivity index (χ1v) is 7.27. The Hall–Kier alpha value is -1.38. The number of hydrogen-bond donors (Lipinski definition) is 1. The van der Waals surface area contributed by atoms with Crippen LogP contribution in [-0.4, -0.2) is 11.7 Å². The molecule has 0 atom stereocenters. The first-order valence-electron chi connectivity index (χ1n) is 6.51. The molecule has 0 aliphatic heterocycles. The van der Waals surface area contributed by atoms with Crippen LogP contribution in [0.2, 0.25) is 10.0 Å². The van der Waals surface area contributed by atoms with E-state index in [0.717, 1.165) is 19.3 Å². The molecule has 0 amide bonds. The number of aromatic hydroxyl groups is 1. The van der Waals surface area contributed by atoms with Gasteiger partial charge in [0.05, 0.1) is 16.7 Å². The van der Waals surface area contributed by atoms with Crippen molar-refractivity contribution in [3.63, 3.8) is 0 Å². The van der Waals surface area contributed by atoms with Crippen molar-refractivity contribution < 1.29 is 9.84 Å². The average molecular weight is 311 g/mol. The van der Waals surface area contributed by atoms with Crippen LogP contribution < -0.4 is 4.74 Å². The molecule has 0 aromatic heterocycles. The summed E-state index contributed by atoms with van der Waals surface area (Å²) in [6.07, 6.45) is 2.99. The molecule has 106 valence electrons. The highest BCUT2D eigenvalue weighted by Gasteiger charge is 2.09. The Balaban J connectivity index is 1.76. The third-order valence-electron chi connectivity index (χ3n) is 2.93. The van der Waals surface area contributed by atoms with Crippen LogP contribution in [-0.2, 0) is 6.42 Å². The SMILES string of the molecule is Oc1cc(Cl)c(OCCCCc2ccccc2)c(Cl)c1. The number of rotatable bonds is 6. The highest BCUT2D eigenvalue weighted by atomic mass is 35.5. The van der Waals surface area contributed by atoms with Crippen LogP contribution >= 0.6 is 23.2 Å².